The molecule has 0 saturated heterocycles. The molecule has 3 fully saturated rings. The molecule has 0 amide bonds. The van der Waals surface area contributed by atoms with Crippen LogP contribution in [0.25, 0.3) is 0 Å². The molecule has 0 heterocycles. The van der Waals surface area contributed by atoms with Crippen LogP contribution in [0, 0.1) is 34.5 Å². The number of aliphatic hydroxyl groups is 1. The maximum Gasteiger partial charge on any atom is 0.137 e. The molecule has 0 spiro atoms. The molecule has 122 valence electrons. The van der Waals surface area contributed by atoms with Gasteiger partial charge < -0.3 is 5.11 Å². The second-order valence-electron chi connectivity index (χ2n) is 8.36. The van der Waals surface area contributed by atoms with Crippen LogP contribution in [0.15, 0.2) is 24.8 Å². The van der Waals surface area contributed by atoms with Crippen LogP contribution in [-0.4, -0.2) is 17.0 Å². The first-order chi connectivity index (χ1) is 10.3. The van der Waals surface area contributed by atoms with Crippen LogP contribution in [0.2, 0.25) is 0 Å². The molecule has 1 unspecified atom stereocenters. The van der Waals surface area contributed by atoms with E-state index in [1.54, 1.807) is 0 Å². The molecule has 2 heteroatoms. The van der Waals surface area contributed by atoms with E-state index in [2.05, 4.69) is 33.9 Å². The molecule has 0 aromatic carbocycles. The van der Waals surface area contributed by atoms with Crippen LogP contribution in [0.5, 0.6) is 0 Å². The van der Waals surface area contributed by atoms with Crippen LogP contribution in [0.4, 0.5) is 0 Å². The molecule has 0 radical (unpaired) electrons. The number of hydrogen-bond donors (Lipinski definition) is 1. The van der Waals surface area contributed by atoms with Gasteiger partial charge in [-0.25, -0.2) is 0 Å². The fourth-order valence-electron chi connectivity index (χ4n) is 6.24. The zero-order valence-electron chi connectivity index (χ0n) is 14.3. The number of aliphatic hydroxyl groups excluding tert-OH is 1. The van der Waals surface area contributed by atoms with Gasteiger partial charge in [0.05, 0.1) is 6.10 Å². The summed E-state index contributed by atoms with van der Waals surface area (Å²) in [6.45, 7) is 14.8. The predicted octanol–water partition coefficient (Wildman–Crippen LogP) is 4.15. The minimum atomic E-state index is -0.430. The molecule has 2 nitrogen and oxygen atoms in total. The fourth-order valence-corrected chi connectivity index (χ4v) is 6.24. The summed E-state index contributed by atoms with van der Waals surface area (Å²) in [5, 5.41) is 11.1. The zero-order valence-corrected chi connectivity index (χ0v) is 14.3. The number of carbonyl (C=O) groups excluding carboxylic acids is 1. The minimum absolute atomic E-state index is 0.0244. The van der Waals surface area contributed by atoms with Crippen molar-refractivity contribution in [1.29, 1.82) is 0 Å². The molecule has 3 aliphatic rings. The Hall–Kier alpha value is -0.890. The second kappa shape index (κ2) is 5.06. The number of carbonyl (C=O) groups is 1. The third-order valence-corrected chi connectivity index (χ3v) is 7.90. The number of allylic oxidation sites excluding steroid dienone is 2. The van der Waals surface area contributed by atoms with Gasteiger partial charge in [0, 0.05) is 17.8 Å². The summed E-state index contributed by atoms with van der Waals surface area (Å²) in [4.78, 5) is 12.8. The molecule has 1 N–H and O–H groups in total. The Morgan fingerprint density at radius 3 is 2.68 bits per heavy atom. The first-order valence-electron chi connectivity index (χ1n) is 8.81. The van der Waals surface area contributed by atoms with Crippen molar-refractivity contribution in [2.24, 2.45) is 34.5 Å². The molecule has 7 atom stereocenters. The van der Waals surface area contributed by atoms with Crippen molar-refractivity contribution < 1.29 is 9.90 Å². The number of ketones is 1. The third kappa shape index (κ3) is 1.79. The van der Waals surface area contributed by atoms with Gasteiger partial charge in [-0.15, -0.1) is 0 Å². The quantitative estimate of drug-likeness (QED) is 0.778. The van der Waals surface area contributed by atoms with Crippen molar-refractivity contribution in [2.45, 2.75) is 59.0 Å². The van der Waals surface area contributed by atoms with E-state index in [0.29, 0.717) is 24.0 Å². The first-order valence-corrected chi connectivity index (χ1v) is 8.81. The average molecular weight is 302 g/mol. The smallest absolute Gasteiger partial charge is 0.137 e. The molecule has 2 bridgehead atoms. The monoisotopic (exact) mass is 302 g/mol. The van der Waals surface area contributed by atoms with Crippen LogP contribution < -0.4 is 0 Å². The molecule has 0 aromatic rings. The van der Waals surface area contributed by atoms with Crippen molar-refractivity contribution in [2.75, 3.05) is 0 Å². The van der Waals surface area contributed by atoms with Crippen molar-refractivity contribution in [1.82, 2.24) is 0 Å². The summed E-state index contributed by atoms with van der Waals surface area (Å²) >= 11 is 0. The number of rotatable bonds is 2. The van der Waals surface area contributed by atoms with E-state index in [4.69, 9.17) is 0 Å². The van der Waals surface area contributed by atoms with E-state index in [0.717, 1.165) is 31.3 Å². The Bertz CT molecular complexity index is 522. The lowest BCUT2D eigenvalue weighted by Gasteiger charge is -2.55. The molecule has 0 aliphatic heterocycles. The fraction of sp³-hybridized carbons (Fsp3) is 0.750. The van der Waals surface area contributed by atoms with Crippen molar-refractivity contribution in [3.8, 4) is 0 Å². The normalized spacial score (nSPS) is 51.1. The summed E-state index contributed by atoms with van der Waals surface area (Å²) in [7, 11) is 0. The predicted molar refractivity (Wildman–Crippen MR) is 89.3 cm³/mol. The highest BCUT2D eigenvalue weighted by Crippen LogP contribution is 2.68. The minimum Gasteiger partial charge on any atom is -0.393 e. The van der Waals surface area contributed by atoms with Gasteiger partial charge >= 0.3 is 0 Å². The number of hydrogen-bond acceptors (Lipinski definition) is 2. The molecule has 3 saturated carbocycles. The van der Waals surface area contributed by atoms with E-state index in [-0.39, 0.29) is 22.7 Å². The van der Waals surface area contributed by atoms with Gasteiger partial charge in [-0.3, -0.25) is 4.79 Å². The molecule has 3 rings (SSSR count). The summed E-state index contributed by atoms with van der Waals surface area (Å²) < 4.78 is 0. The van der Waals surface area contributed by atoms with E-state index in [9.17, 15) is 9.90 Å². The second-order valence-corrected chi connectivity index (χ2v) is 8.36. The van der Waals surface area contributed by atoms with Gasteiger partial charge in [-0.1, -0.05) is 45.6 Å². The Kier molecular flexibility index (Phi) is 3.67. The third-order valence-electron chi connectivity index (χ3n) is 7.90. The van der Waals surface area contributed by atoms with Crippen LogP contribution in [0.1, 0.15) is 52.9 Å². The van der Waals surface area contributed by atoms with E-state index in [1.807, 2.05) is 6.08 Å². The Morgan fingerprint density at radius 1 is 1.36 bits per heavy atom. The summed E-state index contributed by atoms with van der Waals surface area (Å²) in [6.07, 6.45) is 6.06. The van der Waals surface area contributed by atoms with Crippen LogP contribution in [0.3, 0.4) is 0 Å². The highest BCUT2D eigenvalue weighted by molar-refractivity contribution is 5.85. The summed E-state index contributed by atoms with van der Waals surface area (Å²) in [6, 6.07) is 0. The maximum atomic E-state index is 12.8. The number of Topliss-reactive ketones (excluding diaryl/α,β-unsaturated/α-hetero) is 1. The van der Waals surface area contributed by atoms with Gasteiger partial charge in [0.15, 0.2) is 0 Å². The van der Waals surface area contributed by atoms with E-state index >= 15 is 0 Å². The highest BCUT2D eigenvalue weighted by Gasteiger charge is 2.66. The van der Waals surface area contributed by atoms with Gasteiger partial charge in [0.2, 0.25) is 0 Å². The molecular weight excluding hydrogens is 272 g/mol. The standard InChI is InChI=1S/C20H30O2/c1-6-12(2)15-11-17(22)19(5)13(3)7-9-20(14(15)4)10-8-16(21)18(19)20/h6,13-15,17-18,22H,1-2,7-11H2,3-5H3/t13?,14-,15-,17+,18-,19-,20-/m0/s1. The van der Waals surface area contributed by atoms with Crippen molar-refractivity contribution >= 4 is 5.78 Å². The summed E-state index contributed by atoms with van der Waals surface area (Å²) in [5.74, 6) is 1.44. The van der Waals surface area contributed by atoms with Crippen molar-refractivity contribution in [3.63, 3.8) is 0 Å². The van der Waals surface area contributed by atoms with E-state index < -0.39 is 6.10 Å². The van der Waals surface area contributed by atoms with Crippen molar-refractivity contribution in [3.05, 3.63) is 24.8 Å². The molecule has 0 aromatic heterocycles. The lowest BCUT2D eigenvalue weighted by molar-refractivity contribution is -0.148. The topological polar surface area (TPSA) is 37.3 Å². The van der Waals surface area contributed by atoms with Gasteiger partial charge in [-0.05, 0) is 48.9 Å². The lowest BCUT2D eigenvalue weighted by Crippen LogP contribution is -2.54. The highest BCUT2D eigenvalue weighted by atomic mass is 16.3. The lowest BCUT2D eigenvalue weighted by atomic mass is 9.49. The molecular formula is C20H30O2. The molecule has 3 aliphatic carbocycles. The Labute approximate surface area is 134 Å². The van der Waals surface area contributed by atoms with Crippen LogP contribution >= 0.6 is 0 Å². The van der Waals surface area contributed by atoms with Crippen LogP contribution in [-0.2, 0) is 4.79 Å². The SMILES string of the molecule is C=CC(=C)[C@@H]1C[C@@H](O)[C@]2(C)C(C)CC[C@]3(CCC(=O)[C@H]32)[C@H]1C. The van der Waals surface area contributed by atoms with Gasteiger partial charge in [-0.2, -0.15) is 0 Å². The maximum absolute atomic E-state index is 12.8. The largest absolute Gasteiger partial charge is 0.393 e. The Morgan fingerprint density at radius 2 is 2.05 bits per heavy atom. The average Bonchev–Trinajstić information content (AvgIpc) is 2.83. The van der Waals surface area contributed by atoms with Gasteiger partial charge in [0.25, 0.3) is 0 Å². The first kappa shape index (κ1) is 16.0. The zero-order chi connectivity index (χ0) is 16.3. The Balaban J connectivity index is 2.17. The molecule has 22 heavy (non-hydrogen) atoms. The van der Waals surface area contributed by atoms with Gasteiger partial charge in [0.1, 0.15) is 5.78 Å². The van der Waals surface area contributed by atoms with E-state index in [1.165, 1.54) is 0 Å². The summed E-state index contributed by atoms with van der Waals surface area (Å²) in [5.41, 5.74) is 0.811.